The minimum atomic E-state index is -3.83. The minimum Gasteiger partial charge on any atom is -0.465 e. The van der Waals surface area contributed by atoms with Crippen molar-refractivity contribution in [3.05, 3.63) is 48.3 Å². The molecule has 32 heavy (non-hydrogen) atoms. The van der Waals surface area contributed by atoms with Crippen LogP contribution in [0.2, 0.25) is 0 Å². The molecule has 0 bridgehead atoms. The van der Waals surface area contributed by atoms with E-state index < -0.39 is 16.1 Å². The Morgan fingerprint density at radius 2 is 1.91 bits per heavy atom. The molecule has 0 spiro atoms. The SMILES string of the molecule is Cc1ccc(S(=O)(=O)n2ccc3nc(NNC(=O)[C@@H]4CC[C@@H](NC(=O)O)C4)cnc32)cc1. The van der Waals surface area contributed by atoms with Gasteiger partial charge in [-0.15, -0.1) is 0 Å². The summed E-state index contributed by atoms with van der Waals surface area (Å²) < 4.78 is 26.9. The van der Waals surface area contributed by atoms with Crippen molar-refractivity contribution in [3.63, 3.8) is 0 Å². The summed E-state index contributed by atoms with van der Waals surface area (Å²) in [6.07, 6.45) is 3.20. The Hall–Kier alpha value is -3.67. The van der Waals surface area contributed by atoms with Crippen LogP contribution in [0.25, 0.3) is 11.2 Å². The normalized spacial score (nSPS) is 18.4. The monoisotopic (exact) mass is 458 g/mol. The Morgan fingerprint density at radius 1 is 1.16 bits per heavy atom. The van der Waals surface area contributed by atoms with Crippen LogP contribution in [0.3, 0.4) is 0 Å². The molecule has 12 heteroatoms. The first-order chi connectivity index (χ1) is 15.2. The van der Waals surface area contributed by atoms with E-state index in [2.05, 4.69) is 26.1 Å². The fraction of sp³-hybridized carbons (Fsp3) is 0.300. The Labute approximate surface area is 183 Å². The van der Waals surface area contributed by atoms with Crippen LogP contribution in [-0.2, 0) is 14.8 Å². The van der Waals surface area contributed by atoms with Crippen LogP contribution in [-0.4, -0.2) is 45.5 Å². The Bertz CT molecular complexity index is 1270. The number of aryl methyl sites for hydroxylation is 1. The summed E-state index contributed by atoms with van der Waals surface area (Å²) in [4.78, 5) is 31.7. The lowest BCUT2D eigenvalue weighted by molar-refractivity contribution is -0.124. The zero-order valence-electron chi connectivity index (χ0n) is 17.1. The van der Waals surface area contributed by atoms with E-state index in [9.17, 15) is 18.0 Å². The van der Waals surface area contributed by atoms with Gasteiger partial charge in [0, 0.05) is 18.2 Å². The second-order valence-corrected chi connectivity index (χ2v) is 9.48. The van der Waals surface area contributed by atoms with Gasteiger partial charge in [-0.05, 0) is 44.4 Å². The highest BCUT2D eigenvalue weighted by Crippen LogP contribution is 2.26. The van der Waals surface area contributed by atoms with Gasteiger partial charge in [-0.2, -0.15) is 0 Å². The Kier molecular flexibility index (Phi) is 5.70. The molecule has 3 aromatic rings. The fourth-order valence-corrected chi connectivity index (χ4v) is 5.02. The van der Waals surface area contributed by atoms with Crippen molar-refractivity contribution >= 4 is 39.0 Å². The van der Waals surface area contributed by atoms with Gasteiger partial charge in [0.1, 0.15) is 5.52 Å². The van der Waals surface area contributed by atoms with E-state index in [1.165, 1.54) is 30.6 Å². The Morgan fingerprint density at radius 3 is 2.62 bits per heavy atom. The Balaban J connectivity index is 1.45. The topological polar surface area (TPSA) is 155 Å². The molecule has 0 aliphatic heterocycles. The zero-order valence-corrected chi connectivity index (χ0v) is 18.0. The predicted molar refractivity (Wildman–Crippen MR) is 115 cm³/mol. The van der Waals surface area contributed by atoms with E-state index >= 15 is 0 Å². The molecule has 0 saturated heterocycles. The molecule has 0 unspecified atom stereocenters. The molecule has 1 aromatic carbocycles. The van der Waals surface area contributed by atoms with Crippen molar-refractivity contribution in [2.24, 2.45) is 5.92 Å². The van der Waals surface area contributed by atoms with Crippen molar-refractivity contribution in [1.29, 1.82) is 0 Å². The van der Waals surface area contributed by atoms with Gasteiger partial charge >= 0.3 is 6.09 Å². The number of hydrazine groups is 1. The number of aromatic nitrogens is 3. The van der Waals surface area contributed by atoms with Crippen LogP contribution in [0.5, 0.6) is 0 Å². The second-order valence-electron chi connectivity index (χ2n) is 7.66. The molecule has 4 rings (SSSR count). The quantitative estimate of drug-likeness (QED) is 0.408. The number of hydrogen-bond acceptors (Lipinski definition) is 7. The van der Waals surface area contributed by atoms with Gasteiger partial charge in [-0.3, -0.25) is 15.6 Å². The molecule has 1 saturated carbocycles. The molecular weight excluding hydrogens is 436 g/mol. The number of nitrogens with one attached hydrogen (secondary N) is 3. The molecule has 0 radical (unpaired) electrons. The van der Waals surface area contributed by atoms with Crippen molar-refractivity contribution in [3.8, 4) is 0 Å². The summed E-state index contributed by atoms with van der Waals surface area (Å²) in [5, 5.41) is 11.2. The summed E-state index contributed by atoms with van der Waals surface area (Å²) in [6, 6.07) is 7.80. The number of amides is 2. The number of fused-ring (bicyclic) bond motifs is 1. The predicted octanol–water partition coefficient (Wildman–Crippen LogP) is 1.86. The number of nitrogens with zero attached hydrogens (tertiary/aromatic N) is 3. The molecule has 2 aromatic heterocycles. The fourth-order valence-electron chi connectivity index (χ4n) is 3.72. The second kappa shape index (κ2) is 8.46. The van der Waals surface area contributed by atoms with Gasteiger partial charge in [0.15, 0.2) is 11.5 Å². The smallest absolute Gasteiger partial charge is 0.404 e. The van der Waals surface area contributed by atoms with Gasteiger partial charge < -0.3 is 10.4 Å². The van der Waals surface area contributed by atoms with Crippen molar-refractivity contribution in [1.82, 2.24) is 24.7 Å². The molecule has 168 valence electrons. The van der Waals surface area contributed by atoms with Crippen LogP contribution >= 0.6 is 0 Å². The van der Waals surface area contributed by atoms with E-state index in [1.54, 1.807) is 12.1 Å². The van der Waals surface area contributed by atoms with E-state index in [1.807, 2.05) is 6.92 Å². The molecule has 2 atom stereocenters. The molecule has 1 aliphatic rings. The van der Waals surface area contributed by atoms with E-state index in [0.29, 0.717) is 24.8 Å². The number of rotatable bonds is 6. The summed E-state index contributed by atoms with van der Waals surface area (Å²) in [7, 11) is -3.83. The highest BCUT2D eigenvalue weighted by molar-refractivity contribution is 7.90. The van der Waals surface area contributed by atoms with E-state index in [0.717, 1.165) is 9.54 Å². The van der Waals surface area contributed by atoms with Gasteiger partial charge in [-0.1, -0.05) is 17.7 Å². The zero-order chi connectivity index (χ0) is 22.9. The van der Waals surface area contributed by atoms with Crippen LogP contribution in [0.1, 0.15) is 24.8 Å². The summed E-state index contributed by atoms with van der Waals surface area (Å²) in [5.41, 5.74) is 6.70. The average Bonchev–Trinajstić information content (AvgIpc) is 3.39. The molecule has 11 nitrogen and oxygen atoms in total. The number of hydrogen-bond donors (Lipinski definition) is 4. The van der Waals surface area contributed by atoms with Gasteiger partial charge in [0.05, 0.1) is 11.1 Å². The highest BCUT2D eigenvalue weighted by Gasteiger charge is 2.30. The lowest BCUT2D eigenvalue weighted by Crippen LogP contribution is -2.36. The first-order valence-corrected chi connectivity index (χ1v) is 11.4. The number of carbonyl (C=O) groups is 2. The molecular formula is C20H22N6O5S. The lowest BCUT2D eigenvalue weighted by atomic mass is 10.1. The number of anilines is 1. The van der Waals surface area contributed by atoms with Gasteiger partial charge in [0.2, 0.25) is 5.91 Å². The van der Waals surface area contributed by atoms with Gasteiger partial charge in [0.25, 0.3) is 10.0 Å². The van der Waals surface area contributed by atoms with E-state index in [4.69, 9.17) is 5.11 Å². The first-order valence-electron chi connectivity index (χ1n) is 9.96. The third-order valence-electron chi connectivity index (χ3n) is 5.38. The summed E-state index contributed by atoms with van der Waals surface area (Å²) in [6.45, 7) is 1.87. The number of benzene rings is 1. The molecule has 2 heterocycles. The standard InChI is InChI=1S/C20H22N6O5S/c1-12-2-6-15(7-3-12)32(30,31)26-9-8-16-18(26)21-11-17(23-16)24-25-19(27)13-4-5-14(10-13)22-20(28)29/h2-3,6-9,11,13-14,22H,4-5,10H2,1H3,(H,23,24)(H,25,27)(H,28,29)/t13-,14-/m1/s1. The van der Waals surface area contributed by atoms with Gasteiger partial charge in [-0.25, -0.2) is 27.2 Å². The summed E-state index contributed by atoms with van der Waals surface area (Å²) >= 11 is 0. The van der Waals surface area contributed by atoms with Crippen LogP contribution in [0, 0.1) is 12.8 Å². The number of carbonyl (C=O) groups excluding carboxylic acids is 1. The minimum absolute atomic E-state index is 0.143. The van der Waals surface area contributed by atoms with Crippen LogP contribution in [0.4, 0.5) is 10.6 Å². The maximum atomic E-state index is 12.9. The largest absolute Gasteiger partial charge is 0.465 e. The number of carboxylic acid groups (broad SMARTS) is 1. The molecule has 1 aliphatic carbocycles. The van der Waals surface area contributed by atoms with Crippen molar-refractivity contribution in [2.75, 3.05) is 5.43 Å². The highest BCUT2D eigenvalue weighted by atomic mass is 32.2. The van der Waals surface area contributed by atoms with Crippen molar-refractivity contribution in [2.45, 2.75) is 37.1 Å². The third kappa shape index (κ3) is 4.35. The summed E-state index contributed by atoms with van der Waals surface area (Å²) in [5.74, 6) is -0.354. The van der Waals surface area contributed by atoms with Crippen LogP contribution in [0.15, 0.2) is 47.6 Å². The third-order valence-corrected chi connectivity index (χ3v) is 7.06. The molecule has 2 amide bonds. The lowest BCUT2D eigenvalue weighted by Gasteiger charge is -2.13. The molecule has 1 fully saturated rings. The maximum Gasteiger partial charge on any atom is 0.404 e. The average molecular weight is 459 g/mol. The van der Waals surface area contributed by atoms with Crippen LogP contribution < -0.4 is 16.2 Å². The van der Waals surface area contributed by atoms with E-state index in [-0.39, 0.29) is 34.2 Å². The molecule has 4 N–H and O–H groups in total. The van der Waals surface area contributed by atoms with Crippen molar-refractivity contribution < 1.29 is 23.1 Å². The maximum absolute atomic E-state index is 12.9. The first kappa shape index (κ1) is 21.6.